The highest BCUT2D eigenvalue weighted by Crippen LogP contribution is 2.25. The predicted molar refractivity (Wildman–Crippen MR) is 79.3 cm³/mol. The molecule has 1 aliphatic heterocycles. The Hall–Kier alpha value is -0.720. The van der Waals surface area contributed by atoms with Crippen LogP contribution in [-0.4, -0.2) is 35.7 Å². The second-order valence-electron chi connectivity index (χ2n) is 4.98. The van der Waals surface area contributed by atoms with Gasteiger partial charge in [-0.1, -0.05) is 0 Å². The molecule has 1 fully saturated rings. The summed E-state index contributed by atoms with van der Waals surface area (Å²) in [6.07, 6.45) is 1.74. The van der Waals surface area contributed by atoms with Gasteiger partial charge in [-0.05, 0) is 47.8 Å². The molecule has 0 spiro atoms. The molecule has 0 bridgehead atoms. The van der Waals surface area contributed by atoms with Crippen LogP contribution in [0.25, 0.3) is 0 Å². The van der Waals surface area contributed by atoms with Crippen molar-refractivity contribution in [1.29, 1.82) is 0 Å². The maximum Gasteiger partial charge on any atom is 0.221 e. The van der Waals surface area contributed by atoms with E-state index in [1.54, 1.807) is 0 Å². The molecule has 2 N–H and O–H groups in total. The van der Waals surface area contributed by atoms with E-state index in [-0.39, 0.29) is 17.6 Å². The highest BCUT2D eigenvalue weighted by Gasteiger charge is 2.30. The summed E-state index contributed by atoms with van der Waals surface area (Å²) in [5.74, 6) is -0.282. The molecular weight excluding hydrogens is 328 g/mol. The zero-order chi connectivity index (χ0) is 14.0. The Morgan fingerprint density at radius 3 is 2.79 bits per heavy atom. The van der Waals surface area contributed by atoms with Crippen molar-refractivity contribution in [3.8, 4) is 0 Å². The number of thiophene rings is 1. The molecule has 1 saturated heterocycles. The van der Waals surface area contributed by atoms with Crippen LogP contribution in [0.1, 0.15) is 29.4 Å². The largest absolute Gasteiger partial charge is 0.369 e. The highest BCUT2D eigenvalue weighted by atomic mass is 79.9. The number of likely N-dealkylation sites (tertiary alicyclic amines) is 1. The molecule has 2 rings (SSSR count). The van der Waals surface area contributed by atoms with Crippen LogP contribution in [0.5, 0.6) is 0 Å². The Morgan fingerprint density at radius 1 is 1.47 bits per heavy atom. The van der Waals surface area contributed by atoms with Crippen LogP contribution in [0.15, 0.2) is 15.9 Å². The van der Waals surface area contributed by atoms with Crippen molar-refractivity contribution in [3.63, 3.8) is 0 Å². The third kappa shape index (κ3) is 3.64. The van der Waals surface area contributed by atoms with Gasteiger partial charge in [-0.2, -0.15) is 0 Å². The minimum Gasteiger partial charge on any atom is -0.369 e. The second kappa shape index (κ2) is 6.15. The monoisotopic (exact) mass is 344 g/mol. The van der Waals surface area contributed by atoms with Gasteiger partial charge >= 0.3 is 0 Å². The van der Waals surface area contributed by atoms with Gasteiger partial charge in [-0.15, -0.1) is 11.3 Å². The molecule has 2 atom stereocenters. The van der Waals surface area contributed by atoms with Crippen molar-refractivity contribution in [3.05, 3.63) is 20.8 Å². The summed E-state index contributed by atoms with van der Waals surface area (Å²) in [5.41, 5.74) is 5.37. The minimum atomic E-state index is -0.261. The first-order valence-electron chi connectivity index (χ1n) is 6.29. The van der Waals surface area contributed by atoms with E-state index >= 15 is 0 Å². The number of rotatable bonds is 4. The maximum absolute atomic E-state index is 12.2. The molecular formula is C13H17BrN2O2S. The minimum absolute atomic E-state index is 0.104. The first-order chi connectivity index (χ1) is 8.97. The number of hydrogen-bond acceptors (Lipinski definition) is 4. The summed E-state index contributed by atoms with van der Waals surface area (Å²) in [4.78, 5) is 26.3. The van der Waals surface area contributed by atoms with E-state index in [0.717, 1.165) is 21.5 Å². The number of ketones is 1. The highest BCUT2D eigenvalue weighted by molar-refractivity contribution is 9.11. The van der Waals surface area contributed by atoms with Crippen LogP contribution in [-0.2, 0) is 4.79 Å². The van der Waals surface area contributed by atoms with Crippen LogP contribution in [0.4, 0.5) is 0 Å². The Balaban J connectivity index is 2.00. The van der Waals surface area contributed by atoms with Crippen molar-refractivity contribution in [1.82, 2.24) is 4.90 Å². The quantitative estimate of drug-likeness (QED) is 0.852. The number of carbonyl (C=O) groups is 2. The van der Waals surface area contributed by atoms with Crippen molar-refractivity contribution >= 4 is 39.0 Å². The molecule has 1 aromatic heterocycles. The molecule has 0 aromatic carbocycles. The van der Waals surface area contributed by atoms with E-state index in [2.05, 4.69) is 27.8 Å². The Labute approximate surface area is 125 Å². The number of halogens is 1. The van der Waals surface area contributed by atoms with E-state index in [4.69, 9.17) is 5.73 Å². The predicted octanol–water partition coefficient (Wildman–Crippen LogP) is 2.28. The van der Waals surface area contributed by atoms with Crippen LogP contribution in [0, 0.1) is 5.92 Å². The number of nitrogens with two attached hydrogens (primary N) is 1. The number of Topliss-reactive ketones (excluding diaryl/α,β-unsaturated/α-hetero) is 1. The lowest BCUT2D eigenvalue weighted by atomic mass is 9.93. The number of primary amides is 1. The fraction of sp³-hybridized carbons (Fsp3) is 0.538. The summed E-state index contributed by atoms with van der Waals surface area (Å²) in [7, 11) is 0. The lowest BCUT2D eigenvalue weighted by Crippen LogP contribution is -2.47. The SMILES string of the molecule is CC1CCC(C(N)=O)CN1CC(=O)c1ccc(Br)s1. The van der Waals surface area contributed by atoms with Crippen LogP contribution in [0.2, 0.25) is 0 Å². The van der Waals surface area contributed by atoms with E-state index in [9.17, 15) is 9.59 Å². The summed E-state index contributed by atoms with van der Waals surface area (Å²) in [6, 6.07) is 4.03. The third-order valence-electron chi connectivity index (χ3n) is 3.61. The Kier molecular flexibility index (Phi) is 4.76. The molecule has 19 heavy (non-hydrogen) atoms. The fourth-order valence-corrected chi connectivity index (χ4v) is 3.67. The average molecular weight is 345 g/mol. The lowest BCUT2D eigenvalue weighted by molar-refractivity contribution is -0.123. The Morgan fingerprint density at radius 2 is 2.21 bits per heavy atom. The maximum atomic E-state index is 12.2. The van der Waals surface area contributed by atoms with Gasteiger partial charge in [0.05, 0.1) is 21.1 Å². The standard InChI is InChI=1S/C13H17BrN2O2S/c1-8-2-3-9(13(15)18)6-16(8)7-10(17)11-4-5-12(14)19-11/h4-5,8-9H,2-3,6-7H2,1H3,(H2,15,18). The van der Waals surface area contributed by atoms with Crippen molar-refractivity contribution in [2.75, 3.05) is 13.1 Å². The van der Waals surface area contributed by atoms with Crippen LogP contribution in [0.3, 0.4) is 0 Å². The summed E-state index contributed by atoms with van der Waals surface area (Å²) in [5, 5.41) is 0. The van der Waals surface area contributed by atoms with Gasteiger partial charge in [0.2, 0.25) is 5.91 Å². The zero-order valence-electron chi connectivity index (χ0n) is 10.8. The number of carbonyl (C=O) groups excluding carboxylic acids is 2. The van der Waals surface area contributed by atoms with Crippen LogP contribution < -0.4 is 5.73 Å². The zero-order valence-corrected chi connectivity index (χ0v) is 13.2. The summed E-state index contributed by atoms with van der Waals surface area (Å²) < 4.78 is 0.956. The summed E-state index contributed by atoms with van der Waals surface area (Å²) in [6.45, 7) is 3.04. The normalized spacial score (nSPS) is 24.3. The Bertz CT molecular complexity index is 489. The molecule has 4 nitrogen and oxygen atoms in total. The van der Waals surface area contributed by atoms with E-state index in [0.29, 0.717) is 19.1 Å². The lowest BCUT2D eigenvalue weighted by Gasteiger charge is -2.36. The van der Waals surface area contributed by atoms with Gasteiger partial charge in [-0.3, -0.25) is 14.5 Å². The fourth-order valence-electron chi connectivity index (χ4n) is 2.36. The number of amides is 1. The van der Waals surface area contributed by atoms with Crippen LogP contribution >= 0.6 is 27.3 Å². The number of nitrogens with zero attached hydrogens (tertiary/aromatic N) is 1. The topological polar surface area (TPSA) is 63.4 Å². The first-order valence-corrected chi connectivity index (χ1v) is 7.90. The molecule has 6 heteroatoms. The smallest absolute Gasteiger partial charge is 0.221 e. The molecule has 0 radical (unpaired) electrons. The van der Waals surface area contributed by atoms with Gasteiger partial charge in [0.25, 0.3) is 0 Å². The second-order valence-corrected chi connectivity index (χ2v) is 7.45. The molecule has 0 saturated carbocycles. The molecule has 1 amide bonds. The third-order valence-corrected chi connectivity index (χ3v) is 5.27. The average Bonchev–Trinajstić information content (AvgIpc) is 2.78. The number of hydrogen-bond donors (Lipinski definition) is 1. The van der Waals surface area contributed by atoms with Gasteiger partial charge < -0.3 is 5.73 Å². The summed E-state index contributed by atoms with van der Waals surface area (Å²) >= 11 is 4.80. The number of piperidine rings is 1. The van der Waals surface area contributed by atoms with Crippen molar-refractivity contribution in [2.24, 2.45) is 11.7 Å². The molecule has 2 heterocycles. The van der Waals surface area contributed by atoms with Gasteiger partial charge in [-0.25, -0.2) is 0 Å². The van der Waals surface area contributed by atoms with E-state index in [1.807, 2.05) is 12.1 Å². The van der Waals surface area contributed by atoms with E-state index in [1.165, 1.54) is 11.3 Å². The van der Waals surface area contributed by atoms with Gasteiger partial charge in [0.15, 0.2) is 5.78 Å². The molecule has 1 aromatic rings. The van der Waals surface area contributed by atoms with Gasteiger partial charge in [0.1, 0.15) is 0 Å². The van der Waals surface area contributed by atoms with Gasteiger partial charge in [0, 0.05) is 12.6 Å². The molecule has 2 unspecified atom stereocenters. The molecule has 104 valence electrons. The molecule has 0 aliphatic carbocycles. The first kappa shape index (κ1) is 14.7. The van der Waals surface area contributed by atoms with E-state index < -0.39 is 0 Å². The van der Waals surface area contributed by atoms with Crippen molar-refractivity contribution in [2.45, 2.75) is 25.8 Å². The van der Waals surface area contributed by atoms with Crippen molar-refractivity contribution < 1.29 is 9.59 Å². The molecule has 1 aliphatic rings.